The zero-order chi connectivity index (χ0) is 14.4. The summed E-state index contributed by atoms with van der Waals surface area (Å²) < 4.78 is 10.8. The van der Waals surface area contributed by atoms with E-state index in [-0.39, 0.29) is 0 Å². The van der Waals surface area contributed by atoms with Crippen LogP contribution in [0.3, 0.4) is 0 Å². The number of methoxy groups -OCH3 is 1. The third kappa shape index (κ3) is 3.28. The van der Waals surface area contributed by atoms with Gasteiger partial charge in [0.15, 0.2) is 0 Å². The molecule has 2 aromatic carbocycles. The fourth-order valence-corrected chi connectivity index (χ4v) is 1.84. The molecule has 0 aliphatic heterocycles. The highest BCUT2D eigenvalue weighted by Crippen LogP contribution is 2.27. The van der Waals surface area contributed by atoms with E-state index in [9.17, 15) is 5.26 Å². The first-order chi connectivity index (χ1) is 9.76. The first kappa shape index (κ1) is 13.9. The molecule has 2 aromatic rings. The SMILES string of the molecule is CNCc1ccc(Oc2ccc(OC)cc2)c(C#N)c1. The predicted octanol–water partition coefficient (Wildman–Crippen LogP) is 3.08. The fraction of sp³-hybridized carbons (Fsp3) is 0.188. The average molecular weight is 268 g/mol. The van der Waals surface area contributed by atoms with Crippen LogP contribution in [0.25, 0.3) is 0 Å². The summed E-state index contributed by atoms with van der Waals surface area (Å²) in [5.74, 6) is 1.99. The molecule has 4 nitrogen and oxygen atoms in total. The molecule has 0 bridgehead atoms. The summed E-state index contributed by atoms with van der Waals surface area (Å²) in [4.78, 5) is 0. The standard InChI is InChI=1S/C16H16N2O2/c1-18-11-12-3-8-16(13(9-12)10-17)20-15-6-4-14(19-2)5-7-15/h3-9,18H,11H2,1-2H3. The van der Waals surface area contributed by atoms with Crippen LogP contribution in [0.4, 0.5) is 0 Å². The molecule has 0 amide bonds. The normalized spacial score (nSPS) is 9.85. The van der Waals surface area contributed by atoms with Gasteiger partial charge >= 0.3 is 0 Å². The third-order valence-corrected chi connectivity index (χ3v) is 2.83. The predicted molar refractivity (Wildman–Crippen MR) is 77.0 cm³/mol. The maximum atomic E-state index is 9.20. The van der Waals surface area contributed by atoms with E-state index < -0.39 is 0 Å². The van der Waals surface area contributed by atoms with Crippen molar-refractivity contribution in [2.75, 3.05) is 14.2 Å². The molecule has 1 N–H and O–H groups in total. The zero-order valence-corrected chi connectivity index (χ0v) is 11.5. The molecular formula is C16H16N2O2. The monoisotopic (exact) mass is 268 g/mol. The molecule has 0 aromatic heterocycles. The van der Waals surface area contributed by atoms with E-state index in [0.717, 1.165) is 17.9 Å². The van der Waals surface area contributed by atoms with Crippen molar-refractivity contribution in [2.45, 2.75) is 6.54 Å². The molecule has 0 aliphatic rings. The molecule has 0 atom stereocenters. The summed E-state index contributed by atoms with van der Waals surface area (Å²) in [5.41, 5.74) is 1.57. The van der Waals surface area contributed by atoms with Crippen molar-refractivity contribution >= 4 is 0 Å². The Morgan fingerprint density at radius 2 is 1.80 bits per heavy atom. The minimum atomic E-state index is 0.522. The Kier molecular flexibility index (Phi) is 4.59. The first-order valence-electron chi connectivity index (χ1n) is 6.26. The van der Waals surface area contributed by atoms with E-state index in [2.05, 4.69) is 11.4 Å². The first-order valence-corrected chi connectivity index (χ1v) is 6.26. The lowest BCUT2D eigenvalue weighted by Gasteiger charge is -2.09. The van der Waals surface area contributed by atoms with Gasteiger partial charge in [-0.15, -0.1) is 0 Å². The van der Waals surface area contributed by atoms with Crippen molar-refractivity contribution in [3.05, 3.63) is 53.6 Å². The van der Waals surface area contributed by atoms with Crippen LogP contribution in [0.5, 0.6) is 17.2 Å². The molecule has 102 valence electrons. The van der Waals surface area contributed by atoms with Gasteiger partial charge < -0.3 is 14.8 Å². The largest absolute Gasteiger partial charge is 0.497 e. The van der Waals surface area contributed by atoms with Crippen LogP contribution in [0.2, 0.25) is 0 Å². The molecule has 0 spiro atoms. The number of ether oxygens (including phenoxy) is 2. The lowest BCUT2D eigenvalue weighted by atomic mass is 10.1. The number of nitrogens with zero attached hydrogens (tertiary/aromatic N) is 1. The Hall–Kier alpha value is -2.51. The maximum Gasteiger partial charge on any atom is 0.145 e. The summed E-state index contributed by atoms with van der Waals surface area (Å²) in [6.45, 7) is 0.720. The van der Waals surface area contributed by atoms with Crippen LogP contribution < -0.4 is 14.8 Å². The number of nitrogens with one attached hydrogen (secondary N) is 1. The molecule has 0 saturated carbocycles. The van der Waals surface area contributed by atoms with Crippen LogP contribution >= 0.6 is 0 Å². The van der Waals surface area contributed by atoms with E-state index in [1.165, 1.54) is 0 Å². The second kappa shape index (κ2) is 6.60. The van der Waals surface area contributed by atoms with Crippen LogP contribution in [0, 0.1) is 11.3 Å². The molecule has 0 heterocycles. The van der Waals surface area contributed by atoms with E-state index in [4.69, 9.17) is 9.47 Å². The Labute approximate surface area is 118 Å². The molecule has 0 saturated heterocycles. The molecule has 20 heavy (non-hydrogen) atoms. The topological polar surface area (TPSA) is 54.3 Å². The maximum absolute atomic E-state index is 9.20. The van der Waals surface area contributed by atoms with E-state index >= 15 is 0 Å². The van der Waals surface area contributed by atoms with Crippen LogP contribution in [-0.4, -0.2) is 14.2 Å². The molecule has 2 rings (SSSR count). The highest BCUT2D eigenvalue weighted by Gasteiger charge is 2.06. The lowest BCUT2D eigenvalue weighted by Crippen LogP contribution is -2.05. The van der Waals surface area contributed by atoms with E-state index in [0.29, 0.717) is 17.1 Å². The van der Waals surface area contributed by atoms with Gasteiger partial charge in [-0.2, -0.15) is 5.26 Å². The van der Waals surface area contributed by atoms with Gasteiger partial charge in [0.05, 0.1) is 12.7 Å². The highest BCUT2D eigenvalue weighted by atomic mass is 16.5. The molecule has 0 fully saturated rings. The van der Waals surface area contributed by atoms with Crippen molar-refractivity contribution in [1.82, 2.24) is 5.32 Å². The van der Waals surface area contributed by atoms with Gasteiger partial charge in [-0.25, -0.2) is 0 Å². The van der Waals surface area contributed by atoms with Gasteiger partial charge in [0.2, 0.25) is 0 Å². The summed E-state index contributed by atoms with van der Waals surface area (Å²) in [6.07, 6.45) is 0. The van der Waals surface area contributed by atoms with Crippen LogP contribution in [0.1, 0.15) is 11.1 Å². The van der Waals surface area contributed by atoms with Crippen molar-refractivity contribution in [2.24, 2.45) is 0 Å². The van der Waals surface area contributed by atoms with Crippen molar-refractivity contribution < 1.29 is 9.47 Å². The van der Waals surface area contributed by atoms with Gasteiger partial charge in [-0.3, -0.25) is 0 Å². The fourth-order valence-electron chi connectivity index (χ4n) is 1.84. The number of nitriles is 1. The Morgan fingerprint density at radius 3 is 2.40 bits per heavy atom. The van der Waals surface area contributed by atoms with Crippen molar-refractivity contribution in [3.8, 4) is 23.3 Å². The van der Waals surface area contributed by atoms with Crippen molar-refractivity contribution in [1.29, 1.82) is 5.26 Å². The highest BCUT2D eigenvalue weighted by molar-refractivity contribution is 5.47. The molecule has 0 aliphatic carbocycles. The average Bonchev–Trinajstić information content (AvgIpc) is 2.50. The summed E-state index contributed by atoms with van der Waals surface area (Å²) >= 11 is 0. The zero-order valence-electron chi connectivity index (χ0n) is 11.5. The summed E-state index contributed by atoms with van der Waals surface area (Å²) in [7, 11) is 3.48. The molecule has 0 unspecified atom stereocenters. The smallest absolute Gasteiger partial charge is 0.145 e. The molecule has 4 heteroatoms. The Balaban J connectivity index is 2.21. The molecular weight excluding hydrogens is 252 g/mol. The number of hydrogen-bond donors (Lipinski definition) is 1. The Morgan fingerprint density at radius 1 is 1.10 bits per heavy atom. The second-order valence-corrected chi connectivity index (χ2v) is 4.25. The third-order valence-electron chi connectivity index (χ3n) is 2.83. The lowest BCUT2D eigenvalue weighted by molar-refractivity contribution is 0.413. The second-order valence-electron chi connectivity index (χ2n) is 4.25. The van der Waals surface area contributed by atoms with Gasteiger partial charge in [0, 0.05) is 6.54 Å². The number of hydrogen-bond acceptors (Lipinski definition) is 4. The van der Waals surface area contributed by atoms with Gasteiger partial charge in [-0.1, -0.05) is 6.07 Å². The minimum Gasteiger partial charge on any atom is -0.497 e. The Bertz CT molecular complexity index is 615. The number of benzene rings is 2. The van der Waals surface area contributed by atoms with Gasteiger partial charge in [-0.05, 0) is 49.0 Å². The molecule has 0 radical (unpaired) electrons. The summed E-state index contributed by atoms with van der Waals surface area (Å²) in [6, 6.07) is 15.0. The van der Waals surface area contributed by atoms with Crippen molar-refractivity contribution in [3.63, 3.8) is 0 Å². The quantitative estimate of drug-likeness (QED) is 0.905. The number of rotatable bonds is 5. The van der Waals surface area contributed by atoms with Crippen LogP contribution in [-0.2, 0) is 6.54 Å². The van der Waals surface area contributed by atoms with Crippen LogP contribution in [0.15, 0.2) is 42.5 Å². The van der Waals surface area contributed by atoms with E-state index in [1.807, 2.05) is 49.5 Å². The minimum absolute atomic E-state index is 0.522. The van der Waals surface area contributed by atoms with E-state index in [1.54, 1.807) is 7.11 Å². The van der Waals surface area contributed by atoms with Gasteiger partial charge in [0.25, 0.3) is 0 Å². The van der Waals surface area contributed by atoms with Gasteiger partial charge in [0.1, 0.15) is 23.3 Å². The summed E-state index contributed by atoms with van der Waals surface area (Å²) in [5, 5.41) is 12.3.